The second-order valence-corrected chi connectivity index (χ2v) is 6.17. The van der Waals surface area contributed by atoms with E-state index in [0.29, 0.717) is 17.7 Å². The van der Waals surface area contributed by atoms with Gasteiger partial charge in [0.2, 0.25) is 0 Å². The van der Waals surface area contributed by atoms with Crippen LogP contribution >= 0.6 is 0 Å². The number of carbonyl (C=O) groups is 4. The molecule has 0 saturated carbocycles. The lowest BCUT2D eigenvalue weighted by Crippen LogP contribution is -2.40. The van der Waals surface area contributed by atoms with E-state index in [-0.39, 0.29) is 24.7 Å². The first-order valence-corrected chi connectivity index (χ1v) is 7.66. The summed E-state index contributed by atoms with van der Waals surface area (Å²) in [4.78, 5) is 47.8. The molecule has 1 N–H and O–H groups in total. The Morgan fingerprint density at radius 2 is 1.79 bits per heavy atom. The number of nitrogens with one attached hydrogen (secondary N) is 1. The van der Waals surface area contributed by atoms with Crippen molar-refractivity contribution in [1.82, 2.24) is 10.2 Å². The number of benzene rings is 1. The number of ether oxygens (including phenoxy) is 1. The van der Waals surface area contributed by atoms with Crippen molar-refractivity contribution < 1.29 is 23.9 Å². The summed E-state index contributed by atoms with van der Waals surface area (Å²) in [5.41, 5.74) is -0.369. The van der Waals surface area contributed by atoms with E-state index in [1.807, 2.05) is 0 Å². The molecule has 24 heavy (non-hydrogen) atoms. The predicted molar refractivity (Wildman–Crippen MR) is 85.6 cm³/mol. The van der Waals surface area contributed by atoms with Crippen LogP contribution in [0.25, 0.3) is 0 Å². The number of hydrogen-bond acceptors (Lipinski definition) is 5. The smallest absolute Gasteiger partial charge is 0.325 e. The van der Waals surface area contributed by atoms with Crippen LogP contribution in [0.2, 0.25) is 0 Å². The molecular weight excluding hydrogens is 312 g/mol. The fourth-order valence-electron chi connectivity index (χ4n) is 2.34. The molecule has 3 amide bonds. The zero-order chi connectivity index (χ0) is 17.9. The van der Waals surface area contributed by atoms with Crippen LogP contribution in [-0.2, 0) is 9.59 Å². The molecule has 1 aliphatic rings. The van der Waals surface area contributed by atoms with Crippen molar-refractivity contribution >= 4 is 23.7 Å². The van der Waals surface area contributed by atoms with Crippen molar-refractivity contribution in [2.45, 2.75) is 39.2 Å². The molecule has 0 atom stereocenters. The third-order valence-corrected chi connectivity index (χ3v) is 3.70. The SMILES string of the molecule is CC(=O)c1ccc(OC(=O)CCCN2C(=O)NC(C)(C)C2=O)cc1. The van der Waals surface area contributed by atoms with Crippen molar-refractivity contribution in [2.75, 3.05) is 6.54 Å². The topological polar surface area (TPSA) is 92.8 Å². The Kier molecular flexibility index (Phi) is 5.02. The Bertz CT molecular complexity index is 679. The van der Waals surface area contributed by atoms with E-state index in [4.69, 9.17) is 4.74 Å². The molecule has 2 rings (SSSR count). The number of Topliss-reactive ketones (excluding diaryl/α,β-unsaturated/α-hetero) is 1. The lowest BCUT2D eigenvalue weighted by Gasteiger charge is -2.15. The summed E-state index contributed by atoms with van der Waals surface area (Å²) in [5, 5.41) is 2.58. The van der Waals surface area contributed by atoms with E-state index in [0.717, 1.165) is 4.90 Å². The fraction of sp³-hybridized carbons (Fsp3) is 0.412. The number of rotatable bonds is 6. The van der Waals surface area contributed by atoms with Crippen molar-refractivity contribution in [3.63, 3.8) is 0 Å². The number of urea groups is 1. The first kappa shape index (κ1) is 17.7. The standard InChI is InChI=1S/C17H20N2O5/c1-11(20)12-6-8-13(9-7-12)24-14(21)5-4-10-19-15(22)17(2,3)18-16(19)23/h6-9H,4-5,10H2,1-3H3,(H,18,23). The molecule has 7 heteroatoms. The third kappa shape index (κ3) is 3.98. The van der Waals surface area contributed by atoms with E-state index in [1.165, 1.54) is 6.92 Å². The quantitative estimate of drug-likeness (QED) is 0.372. The highest BCUT2D eigenvalue weighted by molar-refractivity contribution is 6.06. The Morgan fingerprint density at radius 3 is 2.29 bits per heavy atom. The average Bonchev–Trinajstić information content (AvgIpc) is 2.69. The lowest BCUT2D eigenvalue weighted by molar-refractivity contribution is -0.135. The van der Waals surface area contributed by atoms with Crippen LogP contribution in [0.4, 0.5) is 4.79 Å². The van der Waals surface area contributed by atoms with Gasteiger partial charge in [-0.2, -0.15) is 0 Å². The van der Waals surface area contributed by atoms with Gasteiger partial charge in [0.25, 0.3) is 5.91 Å². The van der Waals surface area contributed by atoms with Crippen LogP contribution in [0.15, 0.2) is 24.3 Å². The number of imide groups is 1. The first-order valence-electron chi connectivity index (χ1n) is 7.66. The summed E-state index contributed by atoms with van der Waals surface area (Å²) in [7, 11) is 0. The Balaban J connectivity index is 1.80. The maximum absolute atomic E-state index is 12.0. The minimum Gasteiger partial charge on any atom is -0.427 e. The molecule has 7 nitrogen and oxygen atoms in total. The number of ketones is 1. The molecule has 1 aromatic carbocycles. The molecule has 1 aromatic rings. The number of carbonyl (C=O) groups excluding carboxylic acids is 4. The second-order valence-electron chi connectivity index (χ2n) is 6.17. The lowest BCUT2D eigenvalue weighted by atomic mass is 10.1. The molecular formula is C17H20N2O5. The maximum Gasteiger partial charge on any atom is 0.325 e. The summed E-state index contributed by atoms with van der Waals surface area (Å²) < 4.78 is 5.15. The van der Waals surface area contributed by atoms with Gasteiger partial charge in [-0.05, 0) is 51.5 Å². The molecule has 0 aromatic heterocycles. The monoisotopic (exact) mass is 332 g/mol. The van der Waals surface area contributed by atoms with Gasteiger partial charge in [0.1, 0.15) is 11.3 Å². The molecule has 1 saturated heterocycles. The molecule has 0 radical (unpaired) electrons. The molecule has 1 aliphatic heterocycles. The number of nitrogens with zero attached hydrogens (tertiary/aromatic N) is 1. The van der Waals surface area contributed by atoms with Gasteiger partial charge in [-0.25, -0.2) is 4.79 Å². The van der Waals surface area contributed by atoms with Crippen molar-refractivity contribution in [3.05, 3.63) is 29.8 Å². The van der Waals surface area contributed by atoms with Gasteiger partial charge in [0.15, 0.2) is 5.78 Å². The Labute approximate surface area is 140 Å². The molecule has 0 unspecified atom stereocenters. The average molecular weight is 332 g/mol. The molecule has 0 spiro atoms. The molecule has 128 valence electrons. The van der Waals surface area contributed by atoms with E-state index in [1.54, 1.807) is 38.1 Å². The van der Waals surface area contributed by atoms with Gasteiger partial charge < -0.3 is 10.1 Å². The van der Waals surface area contributed by atoms with Crippen LogP contribution in [-0.4, -0.2) is 40.7 Å². The van der Waals surface area contributed by atoms with E-state index in [9.17, 15) is 19.2 Å². The molecule has 1 fully saturated rings. The first-order chi connectivity index (χ1) is 11.2. The zero-order valence-electron chi connectivity index (χ0n) is 13.9. The van der Waals surface area contributed by atoms with Crippen LogP contribution in [0.1, 0.15) is 44.0 Å². The van der Waals surface area contributed by atoms with Gasteiger partial charge in [0, 0.05) is 18.5 Å². The van der Waals surface area contributed by atoms with Gasteiger partial charge in [-0.15, -0.1) is 0 Å². The summed E-state index contributed by atoms with van der Waals surface area (Å²) >= 11 is 0. The van der Waals surface area contributed by atoms with Crippen molar-refractivity contribution in [3.8, 4) is 5.75 Å². The minimum absolute atomic E-state index is 0.0654. The van der Waals surface area contributed by atoms with E-state index >= 15 is 0 Å². The maximum atomic E-state index is 12.0. The van der Waals surface area contributed by atoms with Gasteiger partial charge in [-0.1, -0.05) is 0 Å². The molecule has 1 heterocycles. The molecule has 0 aliphatic carbocycles. The fourth-order valence-corrected chi connectivity index (χ4v) is 2.34. The van der Waals surface area contributed by atoms with Crippen LogP contribution in [0.5, 0.6) is 5.75 Å². The Hall–Kier alpha value is -2.70. The van der Waals surface area contributed by atoms with Crippen LogP contribution < -0.4 is 10.1 Å². The largest absolute Gasteiger partial charge is 0.427 e. The normalized spacial score (nSPS) is 16.0. The number of hydrogen-bond donors (Lipinski definition) is 1. The van der Waals surface area contributed by atoms with Crippen molar-refractivity contribution in [1.29, 1.82) is 0 Å². The number of amides is 3. The van der Waals surface area contributed by atoms with Gasteiger partial charge in [0.05, 0.1) is 0 Å². The highest BCUT2D eigenvalue weighted by atomic mass is 16.5. The Morgan fingerprint density at radius 1 is 1.17 bits per heavy atom. The van der Waals surface area contributed by atoms with Gasteiger partial charge >= 0.3 is 12.0 Å². The summed E-state index contributed by atoms with van der Waals surface area (Å²) in [6.45, 7) is 4.88. The van der Waals surface area contributed by atoms with E-state index < -0.39 is 17.5 Å². The third-order valence-electron chi connectivity index (χ3n) is 3.70. The van der Waals surface area contributed by atoms with Crippen molar-refractivity contribution in [2.24, 2.45) is 0 Å². The van der Waals surface area contributed by atoms with E-state index in [2.05, 4.69) is 5.32 Å². The number of esters is 1. The molecule has 0 bridgehead atoms. The second kappa shape index (κ2) is 6.82. The summed E-state index contributed by atoms with van der Waals surface area (Å²) in [6.07, 6.45) is 0.394. The summed E-state index contributed by atoms with van der Waals surface area (Å²) in [5.74, 6) is -0.483. The van der Waals surface area contributed by atoms with Gasteiger partial charge in [-0.3, -0.25) is 19.3 Å². The van der Waals surface area contributed by atoms with Crippen LogP contribution in [0, 0.1) is 0 Å². The minimum atomic E-state index is -0.907. The summed E-state index contributed by atoms with van der Waals surface area (Å²) in [6, 6.07) is 5.82. The zero-order valence-corrected chi connectivity index (χ0v) is 13.9. The van der Waals surface area contributed by atoms with Crippen LogP contribution in [0.3, 0.4) is 0 Å². The highest BCUT2D eigenvalue weighted by Crippen LogP contribution is 2.17. The predicted octanol–water partition coefficient (Wildman–Crippen LogP) is 1.91. The highest BCUT2D eigenvalue weighted by Gasteiger charge is 2.43.